The second-order valence-corrected chi connectivity index (χ2v) is 6.78. The van der Waals surface area contributed by atoms with Gasteiger partial charge in [-0.2, -0.15) is 0 Å². The summed E-state index contributed by atoms with van der Waals surface area (Å²) >= 11 is 0. The third-order valence-electron chi connectivity index (χ3n) is 4.81. The number of benzene rings is 2. The Morgan fingerprint density at radius 2 is 1.87 bits per heavy atom. The minimum Gasteiger partial charge on any atom is -0.454 e. The molecule has 4 rings (SSSR count). The van der Waals surface area contributed by atoms with Gasteiger partial charge in [0.05, 0.1) is 16.9 Å². The molecule has 0 radical (unpaired) electrons. The summed E-state index contributed by atoms with van der Waals surface area (Å²) in [6.07, 6.45) is 0.567. The van der Waals surface area contributed by atoms with Gasteiger partial charge in [-0.05, 0) is 43.2 Å². The molecule has 1 aliphatic heterocycles. The van der Waals surface area contributed by atoms with Crippen LogP contribution in [0.25, 0.3) is 0 Å². The second-order valence-electron chi connectivity index (χ2n) is 6.78. The van der Waals surface area contributed by atoms with Gasteiger partial charge in [-0.3, -0.25) is 9.59 Å². The number of rotatable bonds is 6. The lowest BCUT2D eigenvalue weighted by atomic mass is 10.1. The Morgan fingerprint density at radius 1 is 1.07 bits per heavy atom. The number of carbonyl (C=O) groups excluding carboxylic acids is 2. The van der Waals surface area contributed by atoms with Crippen molar-refractivity contribution in [3.8, 4) is 11.5 Å². The van der Waals surface area contributed by atoms with Crippen molar-refractivity contribution in [2.24, 2.45) is 0 Å². The molecule has 0 fully saturated rings. The lowest BCUT2D eigenvalue weighted by Crippen LogP contribution is -2.25. The molecule has 2 amide bonds. The van der Waals surface area contributed by atoms with Gasteiger partial charge in [0.25, 0.3) is 11.8 Å². The first-order chi connectivity index (χ1) is 14.6. The number of anilines is 1. The number of amides is 2. The van der Waals surface area contributed by atoms with Crippen LogP contribution in [-0.4, -0.2) is 23.8 Å². The molecular formula is C22H21N3O5. The topological polar surface area (TPSA) is 103 Å². The molecule has 1 aliphatic rings. The lowest BCUT2D eigenvalue weighted by Gasteiger charge is -2.12. The largest absolute Gasteiger partial charge is 0.454 e. The number of para-hydroxylation sites is 1. The molecule has 0 unspecified atom stereocenters. The number of hydrogen-bond donors (Lipinski definition) is 2. The summed E-state index contributed by atoms with van der Waals surface area (Å²) in [6.45, 7) is 4.09. The number of aromatic nitrogens is 1. The summed E-state index contributed by atoms with van der Waals surface area (Å²) in [6, 6.07) is 12.3. The highest BCUT2D eigenvalue weighted by Crippen LogP contribution is 2.32. The van der Waals surface area contributed by atoms with Gasteiger partial charge in [-0.1, -0.05) is 30.3 Å². The molecule has 3 aromatic rings. The summed E-state index contributed by atoms with van der Waals surface area (Å²) in [5, 5.41) is 9.58. The van der Waals surface area contributed by atoms with Gasteiger partial charge < -0.3 is 24.6 Å². The predicted molar refractivity (Wildman–Crippen MR) is 109 cm³/mol. The number of carbonyl (C=O) groups is 2. The van der Waals surface area contributed by atoms with Crippen LogP contribution in [0.3, 0.4) is 0 Å². The van der Waals surface area contributed by atoms with E-state index in [-0.39, 0.29) is 18.6 Å². The molecule has 0 bridgehead atoms. The molecule has 0 saturated carbocycles. The Morgan fingerprint density at radius 3 is 2.70 bits per heavy atom. The molecule has 2 heterocycles. The summed E-state index contributed by atoms with van der Waals surface area (Å²) in [5.74, 6) is 1.12. The van der Waals surface area contributed by atoms with Crippen molar-refractivity contribution in [1.29, 1.82) is 0 Å². The standard InChI is InChI=1S/C22H21N3O5/c1-3-16-20(13(2)30-25-16)22(27)24-17-7-5-4-6-15(17)21(26)23-11-14-8-9-18-19(10-14)29-12-28-18/h4-10H,3,11-12H2,1-2H3,(H,23,26)(H,24,27). The van der Waals surface area contributed by atoms with E-state index in [1.807, 2.05) is 25.1 Å². The van der Waals surface area contributed by atoms with Gasteiger partial charge in [-0.25, -0.2) is 0 Å². The molecule has 2 N–H and O–H groups in total. The Balaban J connectivity index is 1.48. The summed E-state index contributed by atoms with van der Waals surface area (Å²) in [5.41, 5.74) is 2.62. The van der Waals surface area contributed by atoms with Crippen molar-refractivity contribution in [2.45, 2.75) is 26.8 Å². The van der Waals surface area contributed by atoms with Crippen LogP contribution in [0.5, 0.6) is 11.5 Å². The van der Waals surface area contributed by atoms with Crippen molar-refractivity contribution in [3.05, 3.63) is 70.6 Å². The first-order valence-corrected chi connectivity index (χ1v) is 9.59. The van der Waals surface area contributed by atoms with Crippen molar-refractivity contribution in [3.63, 3.8) is 0 Å². The van der Waals surface area contributed by atoms with Crippen LogP contribution in [0.15, 0.2) is 47.0 Å². The zero-order valence-electron chi connectivity index (χ0n) is 16.7. The van der Waals surface area contributed by atoms with Crippen molar-refractivity contribution in [1.82, 2.24) is 10.5 Å². The molecule has 8 heteroatoms. The lowest BCUT2D eigenvalue weighted by molar-refractivity contribution is 0.0951. The fraction of sp³-hybridized carbons (Fsp3) is 0.227. The van der Waals surface area contributed by atoms with Crippen LogP contribution in [0.4, 0.5) is 5.69 Å². The van der Waals surface area contributed by atoms with Crippen LogP contribution in [-0.2, 0) is 13.0 Å². The monoisotopic (exact) mass is 407 g/mol. The quantitative estimate of drug-likeness (QED) is 0.649. The minimum absolute atomic E-state index is 0.198. The molecule has 2 aromatic carbocycles. The van der Waals surface area contributed by atoms with E-state index in [0.29, 0.717) is 52.7 Å². The number of fused-ring (bicyclic) bond motifs is 1. The van der Waals surface area contributed by atoms with Gasteiger partial charge in [0, 0.05) is 6.54 Å². The fourth-order valence-corrected chi connectivity index (χ4v) is 3.25. The average molecular weight is 407 g/mol. The van der Waals surface area contributed by atoms with E-state index in [0.717, 1.165) is 5.56 Å². The Labute approximate surface area is 173 Å². The number of hydrogen-bond acceptors (Lipinski definition) is 6. The summed E-state index contributed by atoms with van der Waals surface area (Å²) in [7, 11) is 0. The maximum absolute atomic E-state index is 12.8. The van der Waals surface area contributed by atoms with E-state index in [9.17, 15) is 9.59 Å². The molecule has 0 atom stereocenters. The summed E-state index contributed by atoms with van der Waals surface area (Å²) < 4.78 is 15.8. The SMILES string of the molecule is CCc1noc(C)c1C(=O)Nc1ccccc1C(=O)NCc1ccc2c(c1)OCO2. The highest BCUT2D eigenvalue weighted by molar-refractivity contribution is 6.09. The third kappa shape index (κ3) is 3.84. The highest BCUT2D eigenvalue weighted by atomic mass is 16.7. The Hall–Kier alpha value is -3.81. The molecule has 0 aliphatic carbocycles. The van der Waals surface area contributed by atoms with Gasteiger partial charge in [0.15, 0.2) is 11.5 Å². The maximum Gasteiger partial charge on any atom is 0.261 e. The molecule has 154 valence electrons. The third-order valence-corrected chi connectivity index (χ3v) is 4.81. The van der Waals surface area contributed by atoms with E-state index in [4.69, 9.17) is 14.0 Å². The van der Waals surface area contributed by atoms with Gasteiger partial charge in [-0.15, -0.1) is 0 Å². The number of aryl methyl sites for hydroxylation is 2. The average Bonchev–Trinajstić information content (AvgIpc) is 3.37. The van der Waals surface area contributed by atoms with Gasteiger partial charge >= 0.3 is 0 Å². The number of ether oxygens (including phenoxy) is 2. The Bertz CT molecular complexity index is 1110. The smallest absolute Gasteiger partial charge is 0.261 e. The number of nitrogens with zero attached hydrogens (tertiary/aromatic N) is 1. The highest BCUT2D eigenvalue weighted by Gasteiger charge is 2.21. The van der Waals surface area contributed by atoms with Crippen molar-refractivity contribution in [2.75, 3.05) is 12.1 Å². The van der Waals surface area contributed by atoms with Crippen LogP contribution in [0.1, 0.15) is 44.7 Å². The Kier molecular flexibility index (Phi) is 5.38. The second kappa shape index (κ2) is 8.28. The maximum atomic E-state index is 12.8. The van der Waals surface area contributed by atoms with E-state index < -0.39 is 0 Å². The normalized spacial score (nSPS) is 11.9. The predicted octanol–water partition coefficient (Wildman–Crippen LogP) is 3.46. The first kappa shape index (κ1) is 19.5. The molecule has 0 saturated heterocycles. The zero-order chi connectivity index (χ0) is 21.1. The van der Waals surface area contributed by atoms with E-state index in [2.05, 4.69) is 15.8 Å². The molecule has 1 aromatic heterocycles. The van der Waals surface area contributed by atoms with E-state index in [1.165, 1.54) is 0 Å². The van der Waals surface area contributed by atoms with Crippen LogP contribution in [0.2, 0.25) is 0 Å². The molecule has 8 nitrogen and oxygen atoms in total. The van der Waals surface area contributed by atoms with Crippen molar-refractivity contribution < 1.29 is 23.6 Å². The molecular weight excluding hydrogens is 386 g/mol. The van der Waals surface area contributed by atoms with Crippen LogP contribution in [0, 0.1) is 6.92 Å². The van der Waals surface area contributed by atoms with Crippen molar-refractivity contribution >= 4 is 17.5 Å². The van der Waals surface area contributed by atoms with Gasteiger partial charge in [0.2, 0.25) is 6.79 Å². The first-order valence-electron chi connectivity index (χ1n) is 9.59. The van der Waals surface area contributed by atoms with Gasteiger partial charge in [0.1, 0.15) is 11.3 Å². The molecule has 30 heavy (non-hydrogen) atoms. The number of nitrogens with one attached hydrogen (secondary N) is 2. The fourth-order valence-electron chi connectivity index (χ4n) is 3.25. The van der Waals surface area contributed by atoms with E-state index in [1.54, 1.807) is 31.2 Å². The van der Waals surface area contributed by atoms with Crippen LogP contribution >= 0.6 is 0 Å². The van der Waals surface area contributed by atoms with E-state index >= 15 is 0 Å². The zero-order valence-corrected chi connectivity index (χ0v) is 16.7. The van der Waals surface area contributed by atoms with Crippen LogP contribution < -0.4 is 20.1 Å². The summed E-state index contributed by atoms with van der Waals surface area (Å²) in [4.78, 5) is 25.6. The minimum atomic E-state index is -0.360. The molecule has 0 spiro atoms.